The molecule has 2 heterocycles. The number of hydrogen-bond acceptors (Lipinski definition) is 12. The highest BCUT2D eigenvalue weighted by atomic mass is 19.1. The molecule has 14 nitrogen and oxygen atoms in total. The summed E-state index contributed by atoms with van der Waals surface area (Å²) in [5.41, 5.74) is -2.01. The van der Waals surface area contributed by atoms with Crippen LogP contribution in [0.2, 0.25) is 0 Å². The molecule has 52 heavy (non-hydrogen) atoms. The topological polar surface area (TPSA) is 167 Å². The monoisotopic (exact) mass is 732 g/mol. The summed E-state index contributed by atoms with van der Waals surface area (Å²) in [4.78, 5) is 58.9. The van der Waals surface area contributed by atoms with Gasteiger partial charge >= 0.3 is 23.9 Å². The molecule has 3 aromatic rings. The van der Waals surface area contributed by atoms with Crippen LogP contribution in [-0.2, 0) is 56.8 Å². The Morgan fingerprint density at radius 1 is 0.692 bits per heavy atom. The first-order chi connectivity index (χ1) is 25.1. The van der Waals surface area contributed by atoms with Crippen molar-refractivity contribution in [2.24, 2.45) is 0 Å². The molecule has 0 unspecified atom stereocenters. The van der Waals surface area contributed by atoms with Crippen LogP contribution >= 0.6 is 0 Å². The van der Waals surface area contributed by atoms with E-state index in [9.17, 15) is 23.6 Å². The Morgan fingerprint density at radius 2 is 1.21 bits per heavy atom. The molecule has 0 aliphatic heterocycles. The van der Waals surface area contributed by atoms with Crippen LogP contribution in [0, 0.1) is 11.6 Å². The Morgan fingerprint density at radius 3 is 1.69 bits per heavy atom. The van der Waals surface area contributed by atoms with Crippen LogP contribution in [0.4, 0.5) is 8.78 Å². The number of carbonyl (C=O) groups is 4. The Kier molecular flexibility index (Phi) is 18.4. The van der Waals surface area contributed by atoms with Crippen molar-refractivity contribution in [3.63, 3.8) is 0 Å². The van der Waals surface area contributed by atoms with Crippen molar-refractivity contribution in [2.45, 2.75) is 129 Å². The number of hydrogen-bond donors (Lipinski definition) is 0. The molecule has 0 aliphatic rings. The van der Waals surface area contributed by atoms with E-state index >= 15 is 4.39 Å². The van der Waals surface area contributed by atoms with Gasteiger partial charge in [0.15, 0.2) is 11.7 Å². The average molecular weight is 733 g/mol. The first-order valence-electron chi connectivity index (χ1n) is 18.0. The third kappa shape index (κ3) is 15.2. The first kappa shape index (κ1) is 41.7. The number of carbonyl (C=O) groups excluding carboxylic acids is 4. The molecule has 0 saturated carbocycles. The molecule has 0 radical (unpaired) electrons. The number of esters is 4. The molecule has 0 bridgehead atoms. The minimum absolute atomic E-state index is 0.171. The fourth-order valence-electron chi connectivity index (χ4n) is 5.45. The van der Waals surface area contributed by atoms with Gasteiger partial charge in [0.1, 0.15) is 50.2 Å². The van der Waals surface area contributed by atoms with Crippen LogP contribution in [0.1, 0.15) is 109 Å². The molecule has 2 aromatic heterocycles. The number of halogens is 2. The number of aromatic nitrogens is 6. The standard InChI is InChI=1S/C36H50F2N6O8/c1-3-5-7-9-11-13-32(45)49-20-29(21-50-33(46)14-12-10-8-6-4-2)51-34(47)17-18-35(48)52-36(22-43-26-39-24-41-43,23-44-27-40-25-42-44)30-16-15-28(37)19-31(30)38/h15-16,19,24-27,29H,3-14,17-18,20-23H2,1-2H3. The van der Waals surface area contributed by atoms with Crippen LogP contribution in [0.3, 0.4) is 0 Å². The molecular weight excluding hydrogens is 682 g/mol. The van der Waals surface area contributed by atoms with E-state index in [0.29, 0.717) is 18.9 Å². The minimum atomic E-state index is -1.84. The Balaban J connectivity index is 1.66. The maximum Gasteiger partial charge on any atom is 0.307 e. The van der Waals surface area contributed by atoms with E-state index in [1.807, 2.05) is 0 Å². The average Bonchev–Trinajstić information content (AvgIpc) is 3.83. The summed E-state index contributed by atoms with van der Waals surface area (Å²) in [5.74, 6) is -4.52. The maximum absolute atomic E-state index is 15.3. The van der Waals surface area contributed by atoms with Crippen molar-refractivity contribution in [1.82, 2.24) is 29.5 Å². The summed E-state index contributed by atoms with van der Waals surface area (Å²) < 4.78 is 54.0. The van der Waals surface area contributed by atoms with Gasteiger partial charge in [-0.1, -0.05) is 65.2 Å². The number of unbranched alkanes of at least 4 members (excludes halogenated alkanes) is 8. The summed E-state index contributed by atoms with van der Waals surface area (Å²) in [7, 11) is 0. The van der Waals surface area contributed by atoms with Gasteiger partial charge in [-0.3, -0.25) is 19.2 Å². The largest absolute Gasteiger partial charge is 0.462 e. The van der Waals surface area contributed by atoms with Gasteiger partial charge in [-0.25, -0.2) is 28.1 Å². The second kappa shape index (κ2) is 22.9. The SMILES string of the molecule is CCCCCCCC(=O)OCC(COC(=O)CCCCCCC)OC(=O)CCC(=O)OC(Cn1cncn1)(Cn1cncn1)c1ccc(F)cc1F. The number of benzene rings is 1. The molecule has 16 heteroatoms. The predicted molar refractivity (Wildman–Crippen MR) is 182 cm³/mol. The van der Waals surface area contributed by atoms with Gasteiger partial charge in [-0.15, -0.1) is 0 Å². The Labute approximate surface area is 302 Å². The Bertz CT molecular complexity index is 1440. The summed E-state index contributed by atoms with van der Waals surface area (Å²) in [6.45, 7) is 3.03. The zero-order valence-corrected chi connectivity index (χ0v) is 30.1. The second-order valence-electron chi connectivity index (χ2n) is 12.6. The lowest BCUT2D eigenvalue weighted by Gasteiger charge is -2.34. The van der Waals surface area contributed by atoms with Gasteiger partial charge in [0.2, 0.25) is 0 Å². The lowest BCUT2D eigenvalue weighted by atomic mass is 9.92. The second-order valence-corrected chi connectivity index (χ2v) is 12.6. The third-order valence-corrected chi connectivity index (χ3v) is 8.16. The van der Waals surface area contributed by atoms with Gasteiger partial charge in [0.25, 0.3) is 0 Å². The van der Waals surface area contributed by atoms with Gasteiger partial charge < -0.3 is 18.9 Å². The molecule has 0 atom stereocenters. The summed E-state index contributed by atoms with van der Waals surface area (Å²) in [6, 6.07) is 2.85. The van der Waals surface area contributed by atoms with Crippen molar-refractivity contribution in [3.05, 3.63) is 60.7 Å². The lowest BCUT2D eigenvalue weighted by Crippen LogP contribution is -2.42. The fraction of sp³-hybridized carbons (Fsp3) is 0.611. The fourth-order valence-corrected chi connectivity index (χ4v) is 5.45. The number of rotatable bonds is 26. The molecule has 0 saturated heterocycles. The molecule has 0 aliphatic carbocycles. The van der Waals surface area contributed by atoms with E-state index in [2.05, 4.69) is 34.0 Å². The zero-order chi connectivity index (χ0) is 37.6. The molecule has 0 fully saturated rings. The molecule has 0 N–H and O–H groups in total. The highest BCUT2D eigenvalue weighted by Crippen LogP contribution is 2.33. The number of nitrogens with zero attached hydrogens (tertiary/aromatic N) is 6. The Hall–Kier alpha value is -4.76. The van der Waals surface area contributed by atoms with Crippen LogP contribution in [0.5, 0.6) is 0 Å². The molecular formula is C36H50F2N6O8. The molecule has 3 rings (SSSR count). The van der Waals surface area contributed by atoms with E-state index < -0.39 is 60.1 Å². The third-order valence-electron chi connectivity index (χ3n) is 8.16. The summed E-state index contributed by atoms with van der Waals surface area (Å²) >= 11 is 0. The predicted octanol–water partition coefficient (Wildman–Crippen LogP) is 5.79. The summed E-state index contributed by atoms with van der Waals surface area (Å²) in [5, 5.41) is 8.12. The van der Waals surface area contributed by atoms with E-state index in [0.717, 1.165) is 63.5 Å². The van der Waals surface area contributed by atoms with Crippen LogP contribution in [0.15, 0.2) is 43.5 Å². The van der Waals surface area contributed by atoms with Gasteiger partial charge in [-0.2, -0.15) is 10.2 Å². The van der Waals surface area contributed by atoms with Crippen LogP contribution < -0.4 is 0 Å². The van der Waals surface area contributed by atoms with Crippen molar-refractivity contribution < 1.29 is 46.9 Å². The number of ether oxygens (including phenoxy) is 4. The van der Waals surface area contributed by atoms with Gasteiger partial charge in [-0.05, 0) is 25.0 Å². The normalized spacial score (nSPS) is 11.4. The molecule has 1 aromatic carbocycles. The molecule has 0 amide bonds. The highest BCUT2D eigenvalue weighted by Gasteiger charge is 2.41. The first-order valence-corrected chi connectivity index (χ1v) is 18.0. The molecule has 286 valence electrons. The van der Waals surface area contributed by atoms with Gasteiger partial charge in [0.05, 0.1) is 25.9 Å². The zero-order valence-electron chi connectivity index (χ0n) is 30.1. The van der Waals surface area contributed by atoms with E-state index in [-0.39, 0.29) is 44.7 Å². The van der Waals surface area contributed by atoms with E-state index in [1.54, 1.807) is 0 Å². The highest BCUT2D eigenvalue weighted by molar-refractivity contribution is 5.78. The van der Waals surface area contributed by atoms with Gasteiger partial charge in [0, 0.05) is 24.5 Å². The summed E-state index contributed by atoms with van der Waals surface area (Å²) in [6.07, 6.45) is 12.9. The lowest BCUT2D eigenvalue weighted by molar-refractivity contribution is -0.171. The van der Waals surface area contributed by atoms with Crippen molar-refractivity contribution in [1.29, 1.82) is 0 Å². The van der Waals surface area contributed by atoms with E-state index in [4.69, 9.17) is 18.9 Å². The quantitative estimate of drug-likeness (QED) is 0.0555. The van der Waals surface area contributed by atoms with Crippen molar-refractivity contribution >= 4 is 23.9 Å². The van der Waals surface area contributed by atoms with Crippen LogP contribution in [-0.4, -0.2) is 72.7 Å². The smallest absolute Gasteiger partial charge is 0.307 e. The van der Waals surface area contributed by atoms with Crippen molar-refractivity contribution in [3.8, 4) is 0 Å². The molecule has 0 spiro atoms. The van der Waals surface area contributed by atoms with Crippen LogP contribution in [0.25, 0.3) is 0 Å². The maximum atomic E-state index is 15.3. The minimum Gasteiger partial charge on any atom is -0.462 e. The van der Waals surface area contributed by atoms with E-state index in [1.165, 1.54) is 34.7 Å². The van der Waals surface area contributed by atoms with Crippen molar-refractivity contribution in [2.75, 3.05) is 13.2 Å².